The highest BCUT2D eigenvalue weighted by Gasteiger charge is 2.20. The average molecular weight is 274 g/mol. The summed E-state index contributed by atoms with van der Waals surface area (Å²) < 4.78 is 18.8. The van der Waals surface area contributed by atoms with Crippen molar-refractivity contribution in [1.82, 2.24) is 4.90 Å². The number of hydrogen-bond acceptors (Lipinski definition) is 4. The third-order valence-electron chi connectivity index (χ3n) is 2.97. The molecule has 0 aromatic heterocycles. The van der Waals surface area contributed by atoms with Crippen molar-refractivity contribution >= 4 is 0 Å². The highest BCUT2D eigenvalue weighted by molar-refractivity contribution is 5.37. The largest absolute Gasteiger partial charge is 0.384 e. The first-order chi connectivity index (χ1) is 9.71. The number of rotatable bonds is 2. The third-order valence-corrected chi connectivity index (χ3v) is 2.97. The molecule has 0 bridgehead atoms. The molecule has 1 heterocycles. The molecule has 1 atom stereocenters. The second-order valence-corrected chi connectivity index (χ2v) is 4.53. The Morgan fingerprint density at radius 1 is 1.45 bits per heavy atom. The molecule has 1 aromatic rings. The minimum Gasteiger partial charge on any atom is -0.384 e. The number of nitrogens with zero attached hydrogens (tertiary/aromatic N) is 2. The topological polar surface area (TPSA) is 56.5 Å². The molecular weight excluding hydrogens is 259 g/mol. The first kappa shape index (κ1) is 14.5. The minimum absolute atomic E-state index is 0.251. The van der Waals surface area contributed by atoms with Crippen LogP contribution in [0.2, 0.25) is 0 Å². The van der Waals surface area contributed by atoms with E-state index in [1.165, 1.54) is 12.1 Å². The van der Waals surface area contributed by atoms with E-state index in [0.717, 1.165) is 5.56 Å². The first-order valence-electron chi connectivity index (χ1n) is 6.34. The Morgan fingerprint density at radius 3 is 3.05 bits per heavy atom. The van der Waals surface area contributed by atoms with Gasteiger partial charge in [-0.25, -0.2) is 4.39 Å². The molecule has 4 nitrogen and oxygen atoms in total. The van der Waals surface area contributed by atoms with Gasteiger partial charge >= 0.3 is 0 Å². The summed E-state index contributed by atoms with van der Waals surface area (Å²) in [5.74, 6) is 4.85. The zero-order chi connectivity index (χ0) is 14.4. The van der Waals surface area contributed by atoms with E-state index >= 15 is 0 Å². The molecule has 5 heteroatoms. The monoisotopic (exact) mass is 274 g/mol. The number of halogens is 1. The minimum atomic E-state index is -0.425. The quantitative estimate of drug-likeness (QED) is 0.814. The molecule has 104 valence electrons. The van der Waals surface area contributed by atoms with Crippen LogP contribution in [0.4, 0.5) is 4.39 Å². The van der Waals surface area contributed by atoms with Gasteiger partial charge in [0.15, 0.2) is 6.10 Å². The molecule has 0 radical (unpaired) electrons. The van der Waals surface area contributed by atoms with E-state index < -0.39 is 6.10 Å². The van der Waals surface area contributed by atoms with Crippen molar-refractivity contribution in [1.29, 1.82) is 5.26 Å². The molecule has 0 saturated carbocycles. The lowest BCUT2D eigenvalue weighted by molar-refractivity contribution is -0.00271. The molecule has 1 saturated heterocycles. The fraction of sp³-hybridized carbons (Fsp3) is 0.400. The van der Waals surface area contributed by atoms with E-state index in [1.54, 1.807) is 6.07 Å². The Kier molecular flexibility index (Phi) is 5.09. The lowest BCUT2D eigenvalue weighted by atomic mass is 10.1. The smallest absolute Gasteiger partial charge is 0.156 e. The van der Waals surface area contributed by atoms with E-state index in [0.29, 0.717) is 31.8 Å². The Morgan fingerprint density at radius 2 is 2.30 bits per heavy atom. The molecule has 2 rings (SSSR count). The third kappa shape index (κ3) is 4.04. The number of ether oxygens (including phenoxy) is 1. The zero-order valence-electron chi connectivity index (χ0n) is 11.0. The second kappa shape index (κ2) is 7.02. The standard InChI is InChI=1S/C15H15FN2O2/c16-14-7-12(2-1-4-19)6-13(8-14)10-18-3-5-20-15(9-17)11-18/h6-8,15,19H,3-5,10-11H2. The van der Waals surface area contributed by atoms with Gasteiger partial charge in [-0.3, -0.25) is 4.90 Å². The predicted molar refractivity (Wildman–Crippen MR) is 71.0 cm³/mol. The van der Waals surface area contributed by atoms with Gasteiger partial charge in [-0.05, 0) is 23.8 Å². The van der Waals surface area contributed by atoms with Gasteiger partial charge in [0.2, 0.25) is 0 Å². The van der Waals surface area contributed by atoms with Crippen molar-refractivity contribution < 1.29 is 14.2 Å². The van der Waals surface area contributed by atoms with Crippen LogP contribution in [-0.4, -0.2) is 42.4 Å². The van der Waals surface area contributed by atoms with Gasteiger partial charge in [-0.2, -0.15) is 5.26 Å². The normalized spacial score (nSPS) is 18.9. The summed E-state index contributed by atoms with van der Waals surface area (Å²) in [5, 5.41) is 17.5. The number of morpholine rings is 1. The van der Waals surface area contributed by atoms with E-state index in [2.05, 4.69) is 22.8 Å². The van der Waals surface area contributed by atoms with Crippen LogP contribution in [-0.2, 0) is 11.3 Å². The molecular formula is C15H15FN2O2. The van der Waals surface area contributed by atoms with Crippen LogP contribution in [0, 0.1) is 29.0 Å². The highest BCUT2D eigenvalue weighted by Crippen LogP contribution is 2.13. The Hall–Kier alpha value is -1.92. The number of aliphatic hydroxyl groups excluding tert-OH is 1. The molecule has 20 heavy (non-hydrogen) atoms. The van der Waals surface area contributed by atoms with Crippen molar-refractivity contribution in [3.63, 3.8) is 0 Å². The lowest BCUT2D eigenvalue weighted by Gasteiger charge is -2.29. The summed E-state index contributed by atoms with van der Waals surface area (Å²) >= 11 is 0. The molecule has 1 unspecified atom stereocenters. The van der Waals surface area contributed by atoms with Gasteiger partial charge in [0.05, 0.1) is 12.7 Å². The van der Waals surface area contributed by atoms with Gasteiger partial charge in [0.25, 0.3) is 0 Å². The second-order valence-electron chi connectivity index (χ2n) is 4.53. The summed E-state index contributed by atoms with van der Waals surface area (Å²) in [7, 11) is 0. The maximum atomic E-state index is 13.5. The van der Waals surface area contributed by atoms with E-state index in [-0.39, 0.29) is 12.4 Å². The van der Waals surface area contributed by atoms with Crippen LogP contribution in [0.25, 0.3) is 0 Å². The summed E-state index contributed by atoms with van der Waals surface area (Å²) in [6.07, 6.45) is -0.425. The SMILES string of the molecule is N#CC1CN(Cc2cc(F)cc(C#CCO)c2)CCO1. The van der Waals surface area contributed by atoms with Crippen LogP contribution >= 0.6 is 0 Å². The van der Waals surface area contributed by atoms with Crippen molar-refractivity contribution in [3.8, 4) is 17.9 Å². The van der Waals surface area contributed by atoms with Crippen LogP contribution in [0.3, 0.4) is 0 Å². The molecule has 1 fully saturated rings. The van der Waals surface area contributed by atoms with Crippen molar-refractivity contribution in [2.45, 2.75) is 12.6 Å². The van der Waals surface area contributed by atoms with Crippen LogP contribution in [0.15, 0.2) is 18.2 Å². The van der Waals surface area contributed by atoms with Crippen LogP contribution < -0.4 is 0 Å². The lowest BCUT2D eigenvalue weighted by Crippen LogP contribution is -2.41. The average Bonchev–Trinajstić information content (AvgIpc) is 2.44. The maximum Gasteiger partial charge on any atom is 0.156 e. The molecule has 0 aliphatic carbocycles. The van der Waals surface area contributed by atoms with Gasteiger partial charge in [-0.15, -0.1) is 0 Å². The van der Waals surface area contributed by atoms with Gasteiger partial charge in [0.1, 0.15) is 12.4 Å². The summed E-state index contributed by atoms with van der Waals surface area (Å²) in [4.78, 5) is 2.05. The van der Waals surface area contributed by atoms with E-state index in [9.17, 15) is 4.39 Å². The molecule has 1 aliphatic rings. The van der Waals surface area contributed by atoms with E-state index in [1.807, 2.05) is 0 Å². The van der Waals surface area contributed by atoms with Gasteiger partial charge in [-0.1, -0.05) is 11.8 Å². The highest BCUT2D eigenvalue weighted by atomic mass is 19.1. The summed E-state index contributed by atoms with van der Waals surface area (Å²) in [6, 6.07) is 6.67. The summed E-state index contributed by atoms with van der Waals surface area (Å²) in [5.41, 5.74) is 1.34. The van der Waals surface area contributed by atoms with Crippen molar-refractivity contribution in [2.75, 3.05) is 26.3 Å². The molecule has 1 N–H and O–H groups in total. The first-order valence-corrected chi connectivity index (χ1v) is 6.34. The fourth-order valence-electron chi connectivity index (χ4n) is 2.14. The maximum absolute atomic E-state index is 13.5. The number of aliphatic hydroxyl groups is 1. The predicted octanol–water partition coefficient (Wildman–Crippen LogP) is 0.894. The van der Waals surface area contributed by atoms with Crippen molar-refractivity contribution in [3.05, 3.63) is 35.1 Å². The van der Waals surface area contributed by atoms with Gasteiger partial charge in [0, 0.05) is 25.2 Å². The number of benzene rings is 1. The van der Waals surface area contributed by atoms with Crippen LogP contribution in [0.1, 0.15) is 11.1 Å². The molecule has 1 aromatic carbocycles. The van der Waals surface area contributed by atoms with Gasteiger partial charge < -0.3 is 9.84 Å². The summed E-state index contributed by atoms with van der Waals surface area (Å²) in [6.45, 7) is 2.04. The zero-order valence-corrected chi connectivity index (χ0v) is 11.0. The Bertz CT molecular complexity index is 571. The Labute approximate surface area is 117 Å². The number of nitriles is 1. The Balaban J connectivity index is 2.09. The fourth-order valence-corrected chi connectivity index (χ4v) is 2.14. The molecule has 0 spiro atoms. The van der Waals surface area contributed by atoms with Crippen molar-refractivity contribution in [2.24, 2.45) is 0 Å². The molecule has 1 aliphatic heterocycles. The van der Waals surface area contributed by atoms with E-state index in [4.69, 9.17) is 15.1 Å². The molecule has 0 amide bonds. The van der Waals surface area contributed by atoms with Crippen LogP contribution in [0.5, 0.6) is 0 Å². The number of hydrogen-bond donors (Lipinski definition) is 1.